The molecule has 2 rings (SSSR count). The maximum atomic E-state index is 13.1. The summed E-state index contributed by atoms with van der Waals surface area (Å²) in [5.74, 6) is -0.435. The molecule has 4 nitrogen and oxygen atoms in total. The molecule has 0 saturated carbocycles. The molecule has 0 fully saturated rings. The molecule has 0 bridgehead atoms. The van der Waals surface area contributed by atoms with Crippen molar-refractivity contribution >= 4 is 6.09 Å². The highest BCUT2D eigenvalue weighted by atomic mass is 19.1. The Kier molecular flexibility index (Phi) is 5.49. The molecule has 1 amide bonds. The number of ether oxygens (including phenoxy) is 1. The van der Waals surface area contributed by atoms with Gasteiger partial charge >= 0.3 is 6.09 Å². The van der Waals surface area contributed by atoms with E-state index >= 15 is 0 Å². The number of carbonyl (C=O) groups is 1. The molecule has 0 radical (unpaired) electrons. The van der Waals surface area contributed by atoms with Crippen LogP contribution in [0.3, 0.4) is 0 Å². The van der Waals surface area contributed by atoms with E-state index in [1.54, 1.807) is 13.0 Å². The van der Waals surface area contributed by atoms with Gasteiger partial charge in [0.15, 0.2) is 0 Å². The third kappa shape index (κ3) is 4.56. The predicted octanol–water partition coefficient (Wildman–Crippen LogP) is 3.17. The lowest BCUT2D eigenvalue weighted by molar-refractivity contribution is 0.106. The van der Waals surface area contributed by atoms with Crippen LogP contribution < -0.4 is 5.32 Å². The Bertz CT molecular complexity index is 618. The minimum atomic E-state index is -1.01. The molecule has 2 N–H and O–H groups in total. The van der Waals surface area contributed by atoms with Crippen molar-refractivity contribution in [3.05, 3.63) is 71.5 Å². The number of amides is 1. The normalized spacial score (nSPS) is 13.2. The topological polar surface area (TPSA) is 58.6 Å². The van der Waals surface area contributed by atoms with Gasteiger partial charge in [-0.3, -0.25) is 0 Å². The molecule has 0 heterocycles. The molecule has 2 aromatic carbocycles. The van der Waals surface area contributed by atoms with Gasteiger partial charge in [-0.1, -0.05) is 42.5 Å². The van der Waals surface area contributed by atoms with E-state index in [2.05, 4.69) is 5.32 Å². The second kappa shape index (κ2) is 7.56. The molecule has 2 aromatic rings. The van der Waals surface area contributed by atoms with E-state index < -0.39 is 24.1 Å². The summed E-state index contributed by atoms with van der Waals surface area (Å²) in [6, 6.07) is 14.3. The highest BCUT2D eigenvalue weighted by molar-refractivity contribution is 5.67. The molecule has 5 heteroatoms. The first-order valence-corrected chi connectivity index (χ1v) is 6.97. The van der Waals surface area contributed by atoms with Crippen molar-refractivity contribution in [2.75, 3.05) is 0 Å². The number of aliphatic hydroxyl groups is 1. The summed E-state index contributed by atoms with van der Waals surface area (Å²) in [7, 11) is 0. The van der Waals surface area contributed by atoms with E-state index in [0.717, 1.165) is 5.56 Å². The highest BCUT2D eigenvalue weighted by Gasteiger charge is 2.19. The lowest BCUT2D eigenvalue weighted by Gasteiger charge is -2.20. The zero-order valence-corrected chi connectivity index (χ0v) is 12.2. The van der Waals surface area contributed by atoms with Gasteiger partial charge in [0.05, 0.1) is 12.1 Å². The van der Waals surface area contributed by atoms with Crippen LogP contribution in [0.4, 0.5) is 9.18 Å². The number of aliphatic hydroxyl groups excluding tert-OH is 1. The molecular formula is C17H18FNO3. The second-order valence-electron chi connectivity index (χ2n) is 4.99. The first-order chi connectivity index (χ1) is 10.6. The summed E-state index contributed by atoms with van der Waals surface area (Å²) in [5, 5.41) is 12.6. The fourth-order valence-corrected chi connectivity index (χ4v) is 2.01. The second-order valence-corrected chi connectivity index (χ2v) is 4.99. The van der Waals surface area contributed by atoms with Crippen molar-refractivity contribution in [2.24, 2.45) is 0 Å². The van der Waals surface area contributed by atoms with Crippen LogP contribution in [0.1, 0.15) is 24.2 Å². The lowest BCUT2D eigenvalue weighted by atomic mass is 10.0. The van der Waals surface area contributed by atoms with E-state index in [0.29, 0.717) is 5.56 Å². The van der Waals surface area contributed by atoms with Gasteiger partial charge in [0.1, 0.15) is 12.4 Å². The Morgan fingerprint density at radius 1 is 1.23 bits per heavy atom. The number of carbonyl (C=O) groups excluding carboxylic acids is 1. The van der Waals surface area contributed by atoms with Gasteiger partial charge in [-0.05, 0) is 30.2 Å². The minimum absolute atomic E-state index is 0.148. The maximum absolute atomic E-state index is 13.1. The average Bonchev–Trinajstić information content (AvgIpc) is 2.53. The van der Waals surface area contributed by atoms with Gasteiger partial charge in [-0.2, -0.15) is 0 Å². The van der Waals surface area contributed by atoms with Crippen molar-refractivity contribution < 1.29 is 19.0 Å². The quantitative estimate of drug-likeness (QED) is 0.892. The van der Waals surface area contributed by atoms with Crippen LogP contribution in [-0.4, -0.2) is 17.2 Å². The van der Waals surface area contributed by atoms with Crippen molar-refractivity contribution in [2.45, 2.75) is 25.7 Å². The Morgan fingerprint density at radius 3 is 2.64 bits per heavy atom. The maximum Gasteiger partial charge on any atom is 0.407 e. The first kappa shape index (κ1) is 16.0. The average molecular weight is 303 g/mol. The summed E-state index contributed by atoms with van der Waals surface area (Å²) in [6.45, 7) is 1.77. The number of nitrogens with one attached hydrogen (secondary N) is 1. The molecule has 0 spiro atoms. The van der Waals surface area contributed by atoms with Crippen LogP contribution in [0.15, 0.2) is 54.6 Å². The number of benzene rings is 2. The molecule has 2 unspecified atom stereocenters. The van der Waals surface area contributed by atoms with Crippen LogP contribution in [0.2, 0.25) is 0 Å². The Morgan fingerprint density at radius 2 is 1.95 bits per heavy atom. The number of halogens is 1. The number of hydrogen-bond acceptors (Lipinski definition) is 3. The van der Waals surface area contributed by atoms with Crippen molar-refractivity contribution in [1.29, 1.82) is 0 Å². The van der Waals surface area contributed by atoms with Gasteiger partial charge in [-0.25, -0.2) is 9.18 Å². The summed E-state index contributed by atoms with van der Waals surface area (Å²) in [6.07, 6.45) is -1.65. The summed E-state index contributed by atoms with van der Waals surface area (Å²) >= 11 is 0. The van der Waals surface area contributed by atoms with Gasteiger partial charge in [0.2, 0.25) is 0 Å². The van der Waals surface area contributed by atoms with Gasteiger partial charge < -0.3 is 15.2 Å². The van der Waals surface area contributed by atoms with Crippen LogP contribution in [0.5, 0.6) is 0 Å². The van der Waals surface area contributed by atoms with E-state index in [1.807, 2.05) is 30.3 Å². The molecule has 116 valence electrons. The predicted molar refractivity (Wildman–Crippen MR) is 80.6 cm³/mol. The molecular weight excluding hydrogens is 285 g/mol. The summed E-state index contributed by atoms with van der Waals surface area (Å²) < 4.78 is 18.2. The first-order valence-electron chi connectivity index (χ1n) is 6.97. The summed E-state index contributed by atoms with van der Waals surface area (Å²) in [4.78, 5) is 11.7. The Balaban J connectivity index is 1.85. The molecule has 22 heavy (non-hydrogen) atoms. The van der Waals surface area contributed by atoms with Crippen LogP contribution in [0.25, 0.3) is 0 Å². The Hall–Kier alpha value is -2.40. The van der Waals surface area contributed by atoms with E-state index in [1.165, 1.54) is 18.2 Å². The van der Waals surface area contributed by atoms with Gasteiger partial charge in [0, 0.05) is 0 Å². The fourth-order valence-electron chi connectivity index (χ4n) is 2.01. The van der Waals surface area contributed by atoms with E-state index in [9.17, 15) is 14.3 Å². The highest BCUT2D eigenvalue weighted by Crippen LogP contribution is 2.17. The number of rotatable bonds is 5. The SMILES string of the molecule is CC(NC(=O)OCc1ccccc1)C(O)c1cccc(F)c1. The largest absolute Gasteiger partial charge is 0.445 e. The standard InChI is InChI=1S/C17H18FNO3/c1-12(16(20)14-8-5-9-15(18)10-14)19-17(21)22-11-13-6-3-2-4-7-13/h2-10,12,16,20H,11H2,1H3,(H,19,21). The molecule has 0 aromatic heterocycles. The van der Waals surface area contributed by atoms with E-state index in [4.69, 9.17) is 4.74 Å². The zero-order chi connectivity index (χ0) is 15.9. The molecule has 2 atom stereocenters. The van der Waals surface area contributed by atoms with Gasteiger partial charge in [0.25, 0.3) is 0 Å². The smallest absolute Gasteiger partial charge is 0.407 e. The lowest BCUT2D eigenvalue weighted by Crippen LogP contribution is -2.37. The van der Waals surface area contributed by atoms with Crippen molar-refractivity contribution in [3.63, 3.8) is 0 Å². The van der Waals surface area contributed by atoms with E-state index in [-0.39, 0.29) is 6.61 Å². The van der Waals surface area contributed by atoms with Gasteiger partial charge in [-0.15, -0.1) is 0 Å². The molecule has 0 aliphatic rings. The van der Waals surface area contributed by atoms with Crippen molar-refractivity contribution in [3.8, 4) is 0 Å². The molecule has 0 aliphatic heterocycles. The Labute approximate surface area is 128 Å². The molecule has 0 saturated heterocycles. The number of alkyl carbamates (subject to hydrolysis) is 1. The van der Waals surface area contributed by atoms with Crippen LogP contribution in [-0.2, 0) is 11.3 Å². The van der Waals surface area contributed by atoms with Crippen molar-refractivity contribution in [1.82, 2.24) is 5.32 Å². The minimum Gasteiger partial charge on any atom is -0.445 e. The molecule has 0 aliphatic carbocycles. The third-order valence-electron chi connectivity index (χ3n) is 3.22. The van der Waals surface area contributed by atoms with Crippen LogP contribution in [0, 0.1) is 5.82 Å². The number of hydrogen-bond donors (Lipinski definition) is 2. The van der Waals surface area contributed by atoms with Crippen LogP contribution >= 0.6 is 0 Å². The monoisotopic (exact) mass is 303 g/mol. The zero-order valence-electron chi connectivity index (χ0n) is 12.2. The summed E-state index contributed by atoms with van der Waals surface area (Å²) in [5.41, 5.74) is 1.27. The fraction of sp³-hybridized carbons (Fsp3) is 0.235. The third-order valence-corrected chi connectivity index (χ3v) is 3.22.